The molecule has 0 fully saturated rings. The first-order valence-corrected chi connectivity index (χ1v) is 9.88. The predicted molar refractivity (Wildman–Crippen MR) is 117 cm³/mol. The molecule has 0 aliphatic rings. The van der Waals surface area contributed by atoms with E-state index in [0.717, 1.165) is 5.69 Å². The molecule has 4 aromatic rings. The molecule has 2 heterocycles. The number of anilines is 1. The summed E-state index contributed by atoms with van der Waals surface area (Å²) in [4.78, 5) is 21.0. The number of ether oxygens (including phenoxy) is 1. The minimum absolute atomic E-state index is 0.268. The van der Waals surface area contributed by atoms with Gasteiger partial charge in [0.1, 0.15) is 18.2 Å². The Balaban J connectivity index is 1.57. The summed E-state index contributed by atoms with van der Waals surface area (Å²) in [5, 5.41) is 8.72. The van der Waals surface area contributed by atoms with Gasteiger partial charge in [0.2, 0.25) is 0 Å². The fraction of sp³-hybridized carbons (Fsp3) is 0.100. The van der Waals surface area contributed by atoms with E-state index in [9.17, 15) is 4.79 Å². The minimum Gasteiger partial charge on any atom is -0.480 e. The molecule has 0 aliphatic heterocycles. The molecule has 10 heteroatoms. The van der Waals surface area contributed by atoms with E-state index in [1.807, 2.05) is 19.1 Å². The van der Waals surface area contributed by atoms with Gasteiger partial charge in [-0.25, -0.2) is 14.6 Å². The molecule has 2 aromatic heterocycles. The number of amides is 1. The van der Waals surface area contributed by atoms with Crippen LogP contribution in [-0.4, -0.2) is 32.3 Å². The van der Waals surface area contributed by atoms with E-state index in [0.29, 0.717) is 32.3 Å². The maximum atomic E-state index is 12.6. The highest BCUT2D eigenvalue weighted by molar-refractivity contribution is 6.39. The fourth-order valence-corrected chi connectivity index (χ4v) is 3.64. The van der Waals surface area contributed by atoms with Crippen molar-refractivity contribution in [2.24, 2.45) is 0 Å². The SMILES string of the molecule is Cc1ccc2c(Cl)cc(Cl)c(OCC(=O)Nc3cc(Cl)ccc3-n3cncn3)c2n1. The number of nitrogens with one attached hydrogen (secondary N) is 1. The summed E-state index contributed by atoms with van der Waals surface area (Å²) in [5.74, 6) is -0.122. The summed E-state index contributed by atoms with van der Waals surface area (Å²) in [6.45, 7) is 1.55. The molecule has 2 aromatic carbocycles. The van der Waals surface area contributed by atoms with Crippen LogP contribution in [0.1, 0.15) is 5.69 Å². The highest BCUT2D eigenvalue weighted by atomic mass is 35.5. The topological polar surface area (TPSA) is 81.9 Å². The van der Waals surface area contributed by atoms with Gasteiger partial charge in [0.15, 0.2) is 12.4 Å². The van der Waals surface area contributed by atoms with E-state index < -0.39 is 5.91 Å². The Bertz CT molecular complexity index is 1250. The van der Waals surface area contributed by atoms with E-state index >= 15 is 0 Å². The maximum absolute atomic E-state index is 12.6. The van der Waals surface area contributed by atoms with Crippen LogP contribution in [0.3, 0.4) is 0 Å². The number of benzene rings is 2. The molecule has 4 rings (SSSR count). The Labute approximate surface area is 186 Å². The van der Waals surface area contributed by atoms with Gasteiger partial charge in [-0.05, 0) is 43.3 Å². The zero-order valence-corrected chi connectivity index (χ0v) is 17.8. The Morgan fingerprint density at radius 1 is 1.13 bits per heavy atom. The lowest BCUT2D eigenvalue weighted by atomic mass is 10.2. The number of aryl methyl sites for hydroxylation is 1. The molecule has 0 atom stereocenters. The highest BCUT2D eigenvalue weighted by Crippen LogP contribution is 2.37. The van der Waals surface area contributed by atoms with Crippen LogP contribution in [0.4, 0.5) is 5.69 Å². The van der Waals surface area contributed by atoms with Crippen LogP contribution in [0.5, 0.6) is 5.75 Å². The van der Waals surface area contributed by atoms with Crippen LogP contribution in [0.25, 0.3) is 16.6 Å². The van der Waals surface area contributed by atoms with Crippen molar-refractivity contribution < 1.29 is 9.53 Å². The van der Waals surface area contributed by atoms with Crippen LogP contribution >= 0.6 is 34.8 Å². The molecular weight excluding hydrogens is 449 g/mol. The molecule has 30 heavy (non-hydrogen) atoms. The first-order chi connectivity index (χ1) is 14.4. The van der Waals surface area contributed by atoms with Gasteiger partial charge in [0.25, 0.3) is 5.91 Å². The third-order valence-electron chi connectivity index (χ3n) is 4.22. The smallest absolute Gasteiger partial charge is 0.262 e. The molecule has 0 saturated carbocycles. The number of carbonyl (C=O) groups is 1. The van der Waals surface area contributed by atoms with Gasteiger partial charge in [-0.3, -0.25) is 4.79 Å². The lowest BCUT2D eigenvalue weighted by molar-refractivity contribution is -0.118. The van der Waals surface area contributed by atoms with Crippen LogP contribution in [0.2, 0.25) is 15.1 Å². The van der Waals surface area contributed by atoms with Gasteiger partial charge in [-0.1, -0.05) is 34.8 Å². The Kier molecular flexibility index (Phi) is 5.76. The zero-order chi connectivity index (χ0) is 21.3. The average Bonchev–Trinajstić information content (AvgIpc) is 3.22. The zero-order valence-electron chi connectivity index (χ0n) is 15.6. The minimum atomic E-state index is -0.412. The third kappa shape index (κ3) is 4.18. The second-order valence-electron chi connectivity index (χ2n) is 6.36. The van der Waals surface area contributed by atoms with Crippen molar-refractivity contribution >= 4 is 57.3 Å². The Morgan fingerprint density at radius 2 is 1.97 bits per heavy atom. The molecule has 152 valence electrons. The third-order valence-corrected chi connectivity index (χ3v) is 5.05. The van der Waals surface area contributed by atoms with Crippen molar-refractivity contribution in [3.63, 3.8) is 0 Å². The van der Waals surface area contributed by atoms with Gasteiger partial charge in [-0.2, -0.15) is 5.10 Å². The summed E-state index contributed by atoms with van der Waals surface area (Å²) in [7, 11) is 0. The van der Waals surface area contributed by atoms with E-state index in [4.69, 9.17) is 39.5 Å². The molecule has 1 N–H and O–H groups in total. The number of hydrogen-bond donors (Lipinski definition) is 1. The maximum Gasteiger partial charge on any atom is 0.262 e. The van der Waals surface area contributed by atoms with Crippen LogP contribution in [0.15, 0.2) is 49.1 Å². The number of hydrogen-bond acceptors (Lipinski definition) is 5. The van der Waals surface area contributed by atoms with Gasteiger partial charge in [0.05, 0.1) is 21.4 Å². The molecule has 0 aliphatic carbocycles. The van der Waals surface area contributed by atoms with E-state index in [1.165, 1.54) is 17.3 Å². The predicted octanol–water partition coefficient (Wildman–Crippen LogP) is 5.10. The largest absolute Gasteiger partial charge is 0.480 e. The van der Waals surface area contributed by atoms with Gasteiger partial charge < -0.3 is 10.1 Å². The number of rotatable bonds is 5. The average molecular weight is 463 g/mol. The van der Waals surface area contributed by atoms with Crippen LogP contribution in [0, 0.1) is 6.92 Å². The van der Waals surface area contributed by atoms with Crippen molar-refractivity contribution in [2.45, 2.75) is 6.92 Å². The van der Waals surface area contributed by atoms with Crippen LogP contribution < -0.4 is 10.1 Å². The van der Waals surface area contributed by atoms with E-state index in [1.54, 1.807) is 24.3 Å². The van der Waals surface area contributed by atoms with Crippen molar-refractivity contribution in [1.29, 1.82) is 0 Å². The fourth-order valence-electron chi connectivity index (χ4n) is 2.89. The summed E-state index contributed by atoms with van der Waals surface area (Å²) >= 11 is 18.6. The molecule has 1 amide bonds. The summed E-state index contributed by atoms with van der Waals surface area (Å²) in [6, 6.07) is 10.3. The van der Waals surface area contributed by atoms with Crippen molar-refractivity contribution in [2.75, 3.05) is 11.9 Å². The number of carbonyl (C=O) groups excluding carboxylic acids is 1. The first-order valence-electron chi connectivity index (χ1n) is 8.75. The molecule has 0 radical (unpaired) electrons. The Morgan fingerprint density at radius 3 is 2.73 bits per heavy atom. The Hall–Kier alpha value is -2.87. The first kappa shape index (κ1) is 20.4. The molecule has 0 bridgehead atoms. The normalized spacial score (nSPS) is 10.9. The quantitative estimate of drug-likeness (QED) is 0.446. The number of nitrogens with zero attached hydrogens (tertiary/aromatic N) is 4. The van der Waals surface area contributed by atoms with E-state index in [2.05, 4.69) is 20.4 Å². The van der Waals surface area contributed by atoms with Crippen molar-refractivity contribution in [3.05, 3.63) is 69.8 Å². The van der Waals surface area contributed by atoms with Gasteiger partial charge in [-0.15, -0.1) is 0 Å². The highest BCUT2D eigenvalue weighted by Gasteiger charge is 2.16. The lowest BCUT2D eigenvalue weighted by Gasteiger charge is -2.14. The summed E-state index contributed by atoms with van der Waals surface area (Å²) in [6.07, 6.45) is 2.91. The lowest BCUT2D eigenvalue weighted by Crippen LogP contribution is -2.21. The van der Waals surface area contributed by atoms with Crippen LogP contribution in [-0.2, 0) is 4.79 Å². The molecular formula is C20H14Cl3N5O2. The molecule has 0 saturated heterocycles. The number of fused-ring (bicyclic) bond motifs is 1. The second-order valence-corrected chi connectivity index (χ2v) is 7.61. The standard InChI is InChI=1S/C20H14Cl3N5O2/c1-11-2-4-13-14(22)7-15(23)20(19(13)26-11)30-8-18(29)27-16-6-12(21)3-5-17(16)28-10-24-9-25-28/h2-7,9-10H,8H2,1H3,(H,27,29). The molecule has 0 spiro atoms. The second kappa shape index (κ2) is 8.47. The van der Waals surface area contributed by atoms with Gasteiger partial charge in [0, 0.05) is 16.1 Å². The molecule has 7 nitrogen and oxygen atoms in total. The number of aromatic nitrogens is 4. The number of halogens is 3. The molecule has 0 unspecified atom stereocenters. The monoisotopic (exact) mass is 461 g/mol. The van der Waals surface area contributed by atoms with E-state index in [-0.39, 0.29) is 17.4 Å². The summed E-state index contributed by atoms with van der Waals surface area (Å²) in [5.41, 5.74) is 2.33. The van der Waals surface area contributed by atoms with Gasteiger partial charge >= 0.3 is 0 Å². The number of pyridine rings is 1. The van der Waals surface area contributed by atoms with Crippen molar-refractivity contribution in [1.82, 2.24) is 19.7 Å². The van der Waals surface area contributed by atoms with Crippen molar-refractivity contribution in [3.8, 4) is 11.4 Å². The summed E-state index contributed by atoms with van der Waals surface area (Å²) < 4.78 is 7.24.